The van der Waals surface area contributed by atoms with E-state index in [1.165, 1.54) is 0 Å². The first-order chi connectivity index (χ1) is 13.7. The van der Waals surface area contributed by atoms with E-state index in [9.17, 15) is 14.4 Å². The maximum atomic E-state index is 12.3. The quantitative estimate of drug-likeness (QED) is 0.667. The molecule has 3 N–H and O–H groups in total. The molecule has 29 heavy (non-hydrogen) atoms. The third-order valence-electron chi connectivity index (χ3n) is 3.64. The Morgan fingerprint density at radius 1 is 0.966 bits per heavy atom. The van der Waals surface area contributed by atoms with Gasteiger partial charge in [0.2, 0.25) is 5.91 Å². The fraction of sp³-hybridized carbons (Fsp3) is 0.286. The van der Waals surface area contributed by atoms with Crippen molar-refractivity contribution in [3.63, 3.8) is 0 Å². The number of amides is 3. The Bertz CT molecular complexity index is 893. The van der Waals surface area contributed by atoms with Crippen LogP contribution >= 0.6 is 11.6 Å². The summed E-state index contributed by atoms with van der Waals surface area (Å²) in [5.74, 6) is -0.732. The molecule has 0 aliphatic carbocycles. The number of benzene rings is 2. The van der Waals surface area contributed by atoms with Gasteiger partial charge in [-0.25, -0.2) is 4.79 Å². The number of anilines is 1. The van der Waals surface area contributed by atoms with Gasteiger partial charge in [-0.15, -0.1) is 0 Å². The summed E-state index contributed by atoms with van der Waals surface area (Å²) < 4.78 is 5.09. The van der Waals surface area contributed by atoms with E-state index in [4.69, 9.17) is 16.3 Å². The Kier molecular flexibility index (Phi) is 7.61. The normalized spacial score (nSPS) is 10.8. The van der Waals surface area contributed by atoms with Crippen molar-refractivity contribution < 1.29 is 19.1 Å². The summed E-state index contributed by atoms with van der Waals surface area (Å²) in [4.78, 5) is 36.1. The van der Waals surface area contributed by atoms with E-state index >= 15 is 0 Å². The van der Waals surface area contributed by atoms with Crippen LogP contribution in [0.3, 0.4) is 0 Å². The number of carbonyl (C=O) groups is 3. The van der Waals surface area contributed by atoms with Crippen molar-refractivity contribution >= 4 is 35.2 Å². The average Bonchev–Trinajstić information content (AvgIpc) is 2.64. The first-order valence-electron chi connectivity index (χ1n) is 9.03. The Morgan fingerprint density at radius 3 is 2.31 bits per heavy atom. The number of hydrogen-bond donors (Lipinski definition) is 3. The van der Waals surface area contributed by atoms with E-state index < -0.39 is 17.6 Å². The molecule has 8 heteroatoms. The monoisotopic (exact) mass is 417 g/mol. The first-order valence-corrected chi connectivity index (χ1v) is 9.41. The molecule has 0 aromatic heterocycles. The smallest absolute Gasteiger partial charge is 0.408 e. The van der Waals surface area contributed by atoms with Crippen molar-refractivity contribution in [2.24, 2.45) is 0 Å². The zero-order chi connectivity index (χ0) is 21.4. The van der Waals surface area contributed by atoms with Gasteiger partial charge in [-0.2, -0.15) is 0 Å². The molecule has 0 atom stereocenters. The van der Waals surface area contributed by atoms with Crippen molar-refractivity contribution in [1.29, 1.82) is 0 Å². The van der Waals surface area contributed by atoms with E-state index in [0.29, 0.717) is 21.8 Å². The summed E-state index contributed by atoms with van der Waals surface area (Å²) in [6, 6.07) is 13.8. The number of halogens is 1. The fourth-order valence-electron chi connectivity index (χ4n) is 2.37. The number of carbonyl (C=O) groups excluding carboxylic acids is 3. The predicted octanol–water partition coefficient (Wildman–Crippen LogP) is 3.73. The molecule has 154 valence electrons. The second-order valence-electron chi connectivity index (χ2n) is 7.22. The van der Waals surface area contributed by atoms with E-state index in [2.05, 4.69) is 16.0 Å². The van der Waals surface area contributed by atoms with Crippen LogP contribution in [0, 0.1) is 0 Å². The highest BCUT2D eigenvalue weighted by Crippen LogP contribution is 2.17. The average molecular weight is 418 g/mol. The molecule has 0 fully saturated rings. The Morgan fingerprint density at radius 2 is 1.62 bits per heavy atom. The molecule has 2 rings (SSSR count). The van der Waals surface area contributed by atoms with Crippen molar-refractivity contribution in [3.8, 4) is 0 Å². The highest BCUT2D eigenvalue weighted by molar-refractivity contribution is 6.33. The fourth-order valence-corrected chi connectivity index (χ4v) is 2.60. The Hall–Kier alpha value is -3.06. The lowest BCUT2D eigenvalue weighted by Gasteiger charge is -2.19. The molecule has 0 spiro atoms. The van der Waals surface area contributed by atoms with Crippen molar-refractivity contribution in [3.05, 3.63) is 64.7 Å². The standard InChI is InChI=1S/C21H24ClN3O4/c1-21(2,3)29-20(28)24-13-18(26)25-17-11-7-4-8-14(17)12-23-19(27)15-9-5-6-10-16(15)22/h4-11H,12-13H2,1-3H3,(H,23,27)(H,24,28)(H,25,26). The topological polar surface area (TPSA) is 96.5 Å². The van der Waals surface area contributed by atoms with Crippen LogP contribution in [0.1, 0.15) is 36.7 Å². The molecule has 0 radical (unpaired) electrons. The lowest BCUT2D eigenvalue weighted by atomic mass is 10.1. The maximum absolute atomic E-state index is 12.3. The third kappa shape index (κ3) is 7.46. The summed E-state index contributed by atoms with van der Waals surface area (Å²) in [5.41, 5.74) is 0.964. The van der Waals surface area contributed by atoms with E-state index in [-0.39, 0.29) is 19.0 Å². The minimum Gasteiger partial charge on any atom is -0.444 e. The van der Waals surface area contributed by atoms with Crippen LogP contribution in [0.5, 0.6) is 0 Å². The molecule has 0 aliphatic heterocycles. The van der Waals surface area contributed by atoms with Crippen LogP contribution in [0.25, 0.3) is 0 Å². The molecule has 0 saturated heterocycles. The lowest BCUT2D eigenvalue weighted by Crippen LogP contribution is -2.37. The van der Waals surface area contributed by atoms with Gasteiger partial charge < -0.3 is 20.7 Å². The van der Waals surface area contributed by atoms with Crippen LogP contribution in [0.15, 0.2) is 48.5 Å². The van der Waals surface area contributed by atoms with Crippen molar-refractivity contribution in [1.82, 2.24) is 10.6 Å². The summed E-state index contributed by atoms with van der Waals surface area (Å²) in [5, 5.41) is 8.26. The highest BCUT2D eigenvalue weighted by atomic mass is 35.5. The van der Waals surface area contributed by atoms with Gasteiger partial charge in [0.1, 0.15) is 12.1 Å². The van der Waals surface area contributed by atoms with Gasteiger partial charge in [0, 0.05) is 12.2 Å². The molecule has 0 bridgehead atoms. The molecule has 0 saturated carbocycles. The minimum absolute atomic E-state index is 0.194. The highest BCUT2D eigenvalue weighted by Gasteiger charge is 2.17. The number of nitrogens with one attached hydrogen (secondary N) is 3. The molecule has 7 nitrogen and oxygen atoms in total. The summed E-state index contributed by atoms with van der Waals surface area (Å²) in [6.07, 6.45) is -0.673. The number of alkyl carbamates (subject to hydrolysis) is 1. The second kappa shape index (κ2) is 9.93. The van der Waals surface area contributed by atoms with Gasteiger partial charge in [-0.3, -0.25) is 9.59 Å². The molecule has 2 aromatic rings. The van der Waals surface area contributed by atoms with Crippen LogP contribution in [-0.4, -0.2) is 30.1 Å². The summed E-state index contributed by atoms with van der Waals surface area (Å²) in [6.45, 7) is 5.16. The van der Waals surface area contributed by atoms with Gasteiger partial charge in [-0.05, 0) is 44.5 Å². The SMILES string of the molecule is CC(C)(C)OC(=O)NCC(=O)Nc1ccccc1CNC(=O)c1ccccc1Cl. The first kappa shape index (κ1) is 22.2. The van der Waals surface area contributed by atoms with Crippen LogP contribution in [0.4, 0.5) is 10.5 Å². The van der Waals surface area contributed by atoms with Gasteiger partial charge >= 0.3 is 6.09 Å². The number of para-hydroxylation sites is 1. The van der Waals surface area contributed by atoms with Gasteiger partial charge in [0.15, 0.2) is 0 Å². The molecule has 0 aliphatic rings. The summed E-state index contributed by atoms with van der Waals surface area (Å²) in [7, 11) is 0. The Labute approximate surface area is 174 Å². The zero-order valence-electron chi connectivity index (χ0n) is 16.5. The van der Waals surface area contributed by atoms with Crippen LogP contribution in [0.2, 0.25) is 5.02 Å². The Balaban J connectivity index is 1.93. The molecular formula is C21H24ClN3O4. The van der Waals surface area contributed by atoms with Crippen molar-refractivity contribution in [2.75, 3.05) is 11.9 Å². The number of rotatable bonds is 6. The molecule has 3 amide bonds. The predicted molar refractivity (Wildman–Crippen MR) is 112 cm³/mol. The number of hydrogen-bond acceptors (Lipinski definition) is 4. The maximum Gasteiger partial charge on any atom is 0.408 e. The zero-order valence-corrected chi connectivity index (χ0v) is 17.3. The van der Waals surface area contributed by atoms with Gasteiger partial charge in [0.25, 0.3) is 5.91 Å². The van der Waals surface area contributed by atoms with Gasteiger partial charge in [0.05, 0.1) is 10.6 Å². The lowest BCUT2D eigenvalue weighted by molar-refractivity contribution is -0.115. The summed E-state index contributed by atoms with van der Waals surface area (Å²) >= 11 is 6.04. The van der Waals surface area contributed by atoms with Gasteiger partial charge in [-0.1, -0.05) is 41.9 Å². The number of ether oxygens (including phenoxy) is 1. The van der Waals surface area contributed by atoms with E-state index in [0.717, 1.165) is 0 Å². The van der Waals surface area contributed by atoms with E-state index in [1.807, 2.05) is 0 Å². The van der Waals surface area contributed by atoms with Crippen LogP contribution in [-0.2, 0) is 16.1 Å². The molecule has 2 aromatic carbocycles. The molecular weight excluding hydrogens is 394 g/mol. The largest absolute Gasteiger partial charge is 0.444 e. The molecule has 0 heterocycles. The van der Waals surface area contributed by atoms with E-state index in [1.54, 1.807) is 69.3 Å². The third-order valence-corrected chi connectivity index (χ3v) is 3.97. The van der Waals surface area contributed by atoms with Crippen LogP contribution < -0.4 is 16.0 Å². The van der Waals surface area contributed by atoms with Crippen molar-refractivity contribution in [2.45, 2.75) is 32.9 Å². The molecule has 0 unspecified atom stereocenters. The second-order valence-corrected chi connectivity index (χ2v) is 7.63. The minimum atomic E-state index is -0.673.